The van der Waals surface area contributed by atoms with E-state index in [0.29, 0.717) is 11.1 Å². The first kappa shape index (κ1) is 19.0. The zero-order valence-electron chi connectivity index (χ0n) is 16.0. The molecule has 1 aromatic heterocycles. The van der Waals surface area contributed by atoms with E-state index >= 15 is 0 Å². The predicted molar refractivity (Wildman–Crippen MR) is 114 cm³/mol. The molecular formula is C22H19N3O3S. The summed E-state index contributed by atoms with van der Waals surface area (Å²) in [6.07, 6.45) is 0. The fourth-order valence-electron chi connectivity index (χ4n) is 2.92. The minimum atomic E-state index is -0.145. The van der Waals surface area contributed by atoms with Crippen LogP contribution in [0.3, 0.4) is 0 Å². The van der Waals surface area contributed by atoms with Crippen molar-refractivity contribution >= 4 is 34.1 Å². The molecule has 3 aromatic carbocycles. The average Bonchev–Trinajstić information content (AvgIpc) is 3.22. The van der Waals surface area contributed by atoms with Crippen molar-refractivity contribution in [3.8, 4) is 17.2 Å². The van der Waals surface area contributed by atoms with Gasteiger partial charge in [-0.1, -0.05) is 42.1 Å². The van der Waals surface area contributed by atoms with Crippen molar-refractivity contribution < 1.29 is 13.9 Å². The van der Waals surface area contributed by atoms with Crippen molar-refractivity contribution in [1.29, 1.82) is 0 Å². The predicted octanol–water partition coefficient (Wildman–Crippen LogP) is 4.94. The van der Waals surface area contributed by atoms with Gasteiger partial charge in [0.2, 0.25) is 11.8 Å². The third kappa shape index (κ3) is 4.41. The molecule has 6 nitrogen and oxygen atoms in total. The van der Waals surface area contributed by atoms with E-state index in [1.54, 1.807) is 7.11 Å². The number of carbonyl (C=O) groups excluding carboxylic acids is 1. The lowest BCUT2D eigenvalue weighted by Crippen LogP contribution is -2.14. The zero-order valence-corrected chi connectivity index (χ0v) is 16.8. The lowest BCUT2D eigenvalue weighted by atomic mass is 10.1. The molecule has 29 heavy (non-hydrogen) atoms. The molecule has 4 rings (SSSR count). The Balaban J connectivity index is 1.39. The van der Waals surface area contributed by atoms with E-state index in [9.17, 15) is 4.79 Å². The number of ether oxygens (including phenoxy) is 1. The van der Waals surface area contributed by atoms with Crippen LogP contribution in [-0.2, 0) is 4.79 Å². The molecule has 0 bridgehead atoms. The molecule has 146 valence electrons. The van der Waals surface area contributed by atoms with Gasteiger partial charge >= 0.3 is 0 Å². The number of thioether (sulfide) groups is 1. The minimum Gasteiger partial charge on any atom is -0.497 e. The molecule has 0 fully saturated rings. The molecule has 0 saturated carbocycles. The van der Waals surface area contributed by atoms with Gasteiger partial charge in [-0.15, -0.1) is 10.2 Å². The first-order valence-corrected chi connectivity index (χ1v) is 10.0. The number of nitrogens with zero attached hydrogens (tertiary/aromatic N) is 2. The maximum Gasteiger partial charge on any atom is 0.277 e. The van der Waals surface area contributed by atoms with E-state index in [1.807, 2.05) is 61.5 Å². The first-order chi connectivity index (χ1) is 14.1. The number of carbonyl (C=O) groups is 1. The molecular weight excluding hydrogens is 386 g/mol. The lowest BCUT2D eigenvalue weighted by Gasteiger charge is -2.09. The van der Waals surface area contributed by atoms with Crippen LogP contribution >= 0.6 is 11.8 Å². The number of aromatic nitrogens is 2. The van der Waals surface area contributed by atoms with Crippen molar-refractivity contribution in [2.75, 3.05) is 18.2 Å². The van der Waals surface area contributed by atoms with Crippen LogP contribution in [0.2, 0.25) is 0 Å². The smallest absolute Gasteiger partial charge is 0.277 e. The SMILES string of the molecule is COc1ccc(NC(=O)CSc2nnc(-c3ccc4ccccc4c3)o2)c(C)c1. The molecule has 1 amide bonds. The second-order valence-electron chi connectivity index (χ2n) is 6.45. The lowest BCUT2D eigenvalue weighted by molar-refractivity contribution is -0.113. The van der Waals surface area contributed by atoms with E-state index in [-0.39, 0.29) is 11.7 Å². The third-order valence-corrected chi connectivity index (χ3v) is 5.26. The number of methoxy groups -OCH3 is 1. The average molecular weight is 405 g/mol. The van der Waals surface area contributed by atoms with E-state index in [1.165, 1.54) is 11.8 Å². The molecule has 0 aliphatic rings. The molecule has 0 atom stereocenters. The summed E-state index contributed by atoms with van der Waals surface area (Å²) in [5, 5.41) is 13.6. The van der Waals surface area contributed by atoms with Gasteiger partial charge in [0.25, 0.3) is 5.22 Å². The Bertz CT molecular complexity index is 1170. The number of nitrogens with one attached hydrogen (secondary N) is 1. The maximum absolute atomic E-state index is 12.3. The molecule has 0 saturated heterocycles. The summed E-state index contributed by atoms with van der Waals surface area (Å²) in [6, 6.07) is 19.6. The molecule has 0 spiro atoms. The van der Waals surface area contributed by atoms with E-state index in [2.05, 4.69) is 21.6 Å². The number of anilines is 1. The Labute approximate surface area is 172 Å². The van der Waals surface area contributed by atoms with Gasteiger partial charge in [-0.3, -0.25) is 4.79 Å². The fraction of sp³-hybridized carbons (Fsp3) is 0.136. The number of amides is 1. The molecule has 4 aromatic rings. The number of benzene rings is 3. The quantitative estimate of drug-likeness (QED) is 0.458. The van der Waals surface area contributed by atoms with Crippen LogP contribution in [0.25, 0.3) is 22.2 Å². The monoisotopic (exact) mass is 405 g/mol. The number of hydrogen-bond donors (Lipinski definition) is 1. The summed E-state index contributed by atoms with van der Waals surface area (Å²) in [6.45, 7) is 1.92. The number of fused-ring (bicyclic) bond motifs is 1. The molecule has 0 aliphatic carbocycles. The van der Waals surface area contributed by atoms with Crippen molar-refractivity contribution in [3.05, 3.63) is 66.2 Å². The van der Waals surface area contributed by atoms with Crippen LogP contribution in [0.5, 0.6) is 5.75 Å². The fourth-order valence-corrected chi connectivity index (χ4v) is 3.49. The Morgan fingerprint density at radius 1 is 1.07 bits per heavy atom. The van der Waals surface area contributed by atoms with E-state index < -0.39 is 0 Å². The van der Waals surface area contributed by atoms with Crippen LogP contribution in [0.1, 0.15) is 5.56 Å². The standard InChI is InChI=1S/C22H19N3O3S/c1-14-11-18(27-2)9-10-19(14)23-20(26)13-29-22-25-24-21(28-22)17-8-7-15-5-3-4-6-16(15)12-17/h3-12H,13H2,1-2H3,(H,23,26). The minimum absolute atomic E-state index is 0.145. The Kier molecular flexibility index (Phi) is 5.48. The van der Waals surface area contributed by atoms with Gasteiger partial charge in [0.05, 0.1) is 12.9 Å². The largest absolute Gasteiger partial charge is 0.497 e. The summed E-state index contributed by atoms with van der Waals surface area (Å²) in [5.74, 6) is 1.21. The second-order valence-corrected chi connectivity index (χ2v) is 7.38. The normalized spacial score (nSPS) is 10.8. The van der Waals surface area contributed by atoms with Gasteiger partial charge in [0.15, 0.2) is 0 Å². The molecule has 1 N–H and O–H groups in total. The van der Waals surface area contributed by atoms with Gasteiger partial charge in [-0.2, -0.15) is 0 Å². The van der Waals surface area contributed by atoms with Crippen LogP contribution in [0, 0.1) is 6.92 Å². The van der Waals surface area contributed by atoms with Crippen molar-refractivity contribution in [2.45, 2.75) is 12.1 Å². The number of rotatable bonds is 6. The molecule has 0 aliphatic heterocycles. The number of aryl methyl sites for hydroxylation is 1. The van der Waals surface area contributed by atoms with Gasteiger partial charge in [-0.25, -0.2) is 0 Å². The molecule has 1 heterocycles. The van der Waals surface area contributed by atoms with Gasteiger partial charge < -0.3 is 14.5 Å². The van der Waals surface area contributed by atoms with Gasteiger partial charge in [0.1, 0.15) is 5.75 Å². The Morgan fingerprint density at radius 3 is 2.69 bits per heavy atom. The molecule has 0 unspecified atom stereocenters. The summed E-state index contributed by atoms with van der Waals surface area (Å²) < 4.78 is 10.9. The van der Waals surface area contributed by atoms with Crippen molar-refractivity contribution in [3.63, 3.8) is 0 Å². The van der Waals surface area contributed by atoms with Crippen LogP contribution in [-0.4, -0.2) is 29.0 Å². The Morgan fingerprint density at radius 2 is 1.90 bits per heavy atom. The highest BCUT2D eigenvalue weighted by molar-refractivity contribution is 7.99. The molecule has 7 heteroatoms. The van der Waals surface area contributed by atoms with Gasteiger partial charge in [0, 0.05) is 11.3 Å². The van der Waals surface area contributed by atoms with Crippen molar-refractivity contribution in [1.82, 2.24) is 10.2 Å². The number of hydrogen-bond acceptors (Lipinski definition) is 6. The van der Waals surface area contributed by atoms with E-state index in [0.717, 1.165) is 33.3 Å². The summed E-state index contributed by atoms with van der Waals surface area (Å²) in [4.78, 5) is 12.3. The zero-order chi connectivity index (χ0) is 20.2. The van der Waals surface area contributed by atoms with Crippen LogP contribution in [0.4, 0.5) is 5.69 Å². The van der Waals surface area contributed by atoms with Crippen LogP contribution in [0.15, 0.2) is 70.3 Å². The highest BCUT2D eigenvalue weighted by Gasteiger charge is 2.12. The first-order valence-electron chi connectivity index (χ1n) is 9.02. The third-order valence-electron chi connectivity index (χ3n) is 4.44. The summed E-state index contributed by atoms with van der Waals surface area (Å²) in [5.41, 5.74) is 2.53. The van der Waals surface area contributed by atoms with Crippen molar-refractivity contribution in [2.24, 2.45) is 0 Å². The molecule has 0 radical (unpaired) electrons. The topological polar surface area (TPSA) is 77.2 Å². The van der Waals surface area contributed by atoms with E-state index in [4.69, 9.17) is 9.15 Å². The summed E-state index contributed by atoms with van der Waals surface area (Å²) >= 11 is 1.20. The maximum atomic E-state index is 12.3. The van der Waals surface area contributed by atoms with Gasteiger partial charge in [-0.05, 0) is 53.6 Å². The highest BCUT2D eigenvalue weighted by Crippen LogP contribution is 2.27. The second kappa shape index (κ2) is 8.36. The highest BCUT2D eigenvalue weighted by atomic mass is 32.2. The van der Waals surface area contributed by atoms with Crippen LogP contribution < -0.4 is 10.1 Å². The Hall–Kier alpha value is -3.32. The summed E-state index contributed by atoms with van der Waals surface area (Å²) in [7, 11) is 1.61.